The molecule has 0 spiro atoms. The number of methoxy groups -OCH3 is 1. The smallest absolute Gasteiger partial charge is 0.323 e. The van der Waals surface area contributed by atoms with Gasteiger partial charge >= 0.3 is 5.97 Å². The quantitative estimate of drug-likeness (QED) is 0.763. The number of hydrogen-bond acceptors (Lipinski definition) is 5. The normalized spacial score (nSPS) is 18.2. The Bertz CT molecular complexity index is 972. The summed E-state index contributed by atoms with van der Waals surface area (Å²) in [5.41, 5.74) is 3.84. The fraction of sp³-hybridized carbons (Fsp3) is 0.318. The van der Waals surface area contributed by atoms with E-state index in [-0.39, 0.29) is 23.8 Å². The van der Waals surface area contributed by atoms with E-state index in [1.807, 2.05) is 24.3 Å². The van der Waals surface area contributed by atoms with Gasteiger partial charge in [0.05, 0.1) is 13.5 Å². The van der Waals surface area contributed by atoms with Crippen LogP contribution < -0.4 is 10.6 Å². The SMILES string of the molecule is COC(=O)C1CCCN1Cc1cccc(C(=O)Nc2ccc3c(c2)CC(=O)N3)c1. The van der Waals surface area contributed by atoms with Gasteiger partial charge in [-0.1, -0.05) is 12.1 Å². The zero-order chi connectivity index (χ0) is 20.4. The molecule has 1 saturated heterocycles. The van der Waals surface area contributed by atoms with E-state index in [1.54, 1.807) is 18.2 Å². The molecule has 2 aliphatic rings. The van der Waals surface area contributed by atoms with Crippen LogP contribution >= 0.6 is 0 Å². The van der Waals surface area contributed by atoms with Crippen molar-refractivity contribution in [2.24, 2.45) is 0 Å². The van der Waals surface area contributed by atoms with Gasteiger partial charge in [0.2, 0.25) is 5.91 Å². The molecular formula is C22H23N3O4. The highest BCUT2D eigenvalue weighted by Crippen LogP contribution is 2.26. The fourth-order valence-corrected chi connectivity index (χ4v) is 3.97. The van der Waals surface area contributed by atoms with E-state index in [0.717, 1.165) is 36.2 Å². The monoisotopic (exact) mass is 393 g/mol. The number of carbonyl (C=O) groups is 3. The molecule has 2 heterocycles. The minimum atomic E-state index is -0.222. The number of likely N-dealkylation sites (tertiary alicyclic amines) is 1. The summed E-state index contributed by atoms with van der Waals surface area (Å²) in [6.45, 7) is 1.42. The first-order chi connectivity index (χ1) is 14.0. The molecule has 1 fully saturated rings. The molecule has 0 aromatic heterocycles. The summed E-state index contributed by atoms with van der Waals surface area (Å²) >= 11 is 0. The third-order valence-corrected chi connectivity index (χ3v) is 5.40. The summed E-state index contributed by atoms with van der Waals surface area (Å²) < 4.78 is 4.90. The van der Waals surface area contributed by atoms with Crippen LogP contribution in [-0.2, 0) is 27.3 Å². The van der Waals surface area contributed by atoms with Gasteiger partial charge in [-0.15, -0.1) is 0 Å². The number of benzene rings is 2. The van der Waals surface area contributed by atoms with Crippen LogP contribution in [0.3, 0.4) is 0 Å². The standard InChI is InChI=1S/C22H23N3O4/c1-29-22(28)19-6-3-9-25(19)13-14-4-2-5-15(10-14)21(27)23-17-7-8-18-16(11-17)12-20(26)24-18/h2,4-5,7-8,10-11,19H,3,6,9,12-13H2,1H3,(H,23,27)(H,24,26). The summed E-state index contributed by atoms with van der Waals surface area (Å²) in [5.74, 6) is -0.459. The molecular weight excluding hydrogens is 370 g/mol. The highest BCUT2D eigenvalue weighted by atomic mass is 16.5. The fourth-order valence-electron chi connectivity index (χ4n) is 3.97. The van der Waals surface area contributed by atoms with Crippen molar-refractivity contribution in [3.63, 3.8) is 0 Å². The summed E-state index contributed by atoms with van der Waals surface area (Å²) in [7, 11) is 1.41. The van der Waals surface area contributed by atoms with Crippen LogP contribution in [0.15, 0.2) is 42.5 Å². The molecule has 1 atom stereocenters. The van der Waals surface area contributed by atoms with Crippen molar-refractivity contribution in [3.8, 4) is 0 Å². The van der Waals surface area contributed by atoms with E-state index in [0.29, 0.717) is 24.2 Å². The van der Waals surface area contributed by atoms with Crippen molar-refractivity contribution in [1.82, 2.24) is 4.90 Å². The van der Waals surface area contributed by atoms with E-state index < -0.39 is 0 Å². The zero-order valence-corrected chi connectivity index (χ0v) is 16.2. The number of nitrogens with zero attached hydrogens (tertiary/aromatic N) is 1. The molecule has 2 amide bonds. The van der Waals surface area contributed by atoms with Crippen LogP contribution in [0.25, 0.3) is 0 Å². The van der Waals surface area contributed by atoms with Crippen molar-refractivity contribution in [3.05, 3.63) is 59.2 Å². The second-order valence-corrected chi connectivity index (χ2v) is 7.40. The van der Waals surface area contributed by atoms with Crippen molar-refractivity contribution >= 4 is 29.2 Å². The molecule has 0 radical (unpaired) electrons. The zero-order valence-electron chi connectivity index (χ0n) is 16.2. The van der Waals surface area contributed by atoms with Crippen molar-refractivity contribution in [1.29, 1.82) is 0 Å². The second-order valence-electron chi connectivity index (χ2n) is 7.40. The molecule has 7 nitrogen and oxygen atoms in total. The third-order valence-electron chi connectivity index (χ3n) is 5.40. The summed E-state index contributed by atoms with van der Waals surface area (Å²) in [6, 6.07) is 12.6. The Morgan fingerprint density at radius 1 is 1.24 bits per heavy atom. The molecule has 2 aromatic carbocycles. The molecule has 150 valence electrons. The summed E-state index contributed by atoms with van der Waals surface area (Å²) in [5, 5.41) is 5.67. The van der Waals surface area contributed by atoms with Crippen LogP contribution in [-0.4, -0.2) is 42.4 Å². The van der Waals surface area contributed by atoms with Gasteiger partial charge in [-0.2, -0.15) is 0 Å². The van der Waals surface area contributed by atoms with Gasteiger partial charge in [0.25, 0.3) is 5.91 Å². The molecule has 0 bridgehead atoms. The van der Waals surface area contributed by atoms with Gasteiger partial charge in [0, 0.05) is 23.5 Å². The number of rotatable bonds is 5. The maximum absolute atomic E-state index is 12.7. The molecule has 4 rings (SSSR count). The van der Waals surface area contributed by atoms with Gasteiger partial charge < -0.3 is 15.4 Å². The van der Waals surface area contributed by atoms with E-state index in [2.05, 4.69) is 15.5 Å². The number of carbonyl (C=O) groups excluding carboxylic acids is 3. The van der Waals surface area contributed by atoms with Crippen molar-refractivity contribution in [2.45, 2.75) is 31.8 Å². The number of fused-ring (bicyclic) bond motifs is 1. The molecule has 0 aliphatic carbocycles. The van der Waals surface area contributed by atoms with E-state index >= 15 is 0 Å². The molecule has 1 unspecified atom stereocenters. The second kappa shape index (κ2) is 8.05. The lowest BCUT2D eigenvalue weighted by Gasteiger charge is -2.22. The Kier molecular flexibility index (Phi) is 5.31. The average Bonchev–Trinajstić information content (AvgIpc) is 3.32. The Morgan fingerprint density at radius 3 is 2.93 bits per heavy atom. The highest BCUT2D eigenvalue weighted by Gasteiger charge is 2.31. The van der Waals surface area contributed by atoms with Gasteiger partial charge in [-0.3, -0.25) is 19.3 Å². The van der Waals surface area contributed by atoms with Crippen LogP contribution in [0.4, 0.5) is 11.4 Å². The molecule has 2 aromatic rings. The number of esters is 1. The first-order valence-corrected chi connectivity index (χ1v) is 9.68. The average molecular weight is 393 g/mol. The van der Waals surface area contributed by atoms with Gasteiger partial charge in [0.1, 0.15) is 6.04 Å². The minimum Gasteiger partial charge on any atom is -0.468 e. The van der Waals surface area contributed by atoms with Crippen molar-refractivity contribution < 1.29 is 19.1 Å². The van der Waals surface area contributed by atoms with Crippen LogP contribution in [0.5, 0.6) is 0 Å². The molecule has 7 heteroatoms. The van der Waals surface area contributed by atoms with Gasteiger partial charge in [0.15, 0.2) is 0 Å². The Balaban J connectivity index is 1.44. The van der Waals surface area contributed by atoms with Crippen LogP contribution in [0.1, 0.15) is 34.3 Å². The first-order valence-electron chi connectivity index (χ1n) is 9.68. The first kappa shape index (κ1) is 19.1. The lowest BCUT2D eigenvalue weighted by atomic mass is 10.1. The van der Waals surface area contributed by atoms with Gasteiger partial charge in [-0.25, -0.2) is 0 Å². The molecule has 29 heavy (non-hydrogen) atoms. The number of anilines is 2. The number of hydrogen-bond donors (Lipinski definition) is 2. The Hall–Kier alpha value is -3.19. The van der Waals surface area contributed by atoms with E-state index in [1.165, 1.54) is 7.11 Å². The third kappa shape index (κ3) is 4.14. The lowest BCUT2D eigenvalue weighted by molar-refractivity contribution is -0.146. The van der Waals surface area contributed by atoms with Gasteiger partial charge in [-0.05, 0) is 60.8 Å². The number of amides is 2. The number of ether oxygens (including phenoxy) is 1. The maximum atomic E-state index is 12.7. The van der Waals surface area contributed by atoms with Crippen molar-refractivity contribution in [2.75, 3.05) is 24.3 Å². The predicted molar refractivity (Wildman–Crippen MR) is 109 cm³/mol. The largest absolute Gasteiger partial charge is 0.468 e. The highest BCUT2D eigenvalue weighted by molar-refractivity contribution is 6.05. The minimum absolute atomic E-state index is 0.0386. The Labute approximate surface area is 169 Å². The maximum Gasteiger partial charge on any atom is 0.323 e. The van der Waals surface area contributed by atoms with Crippen LogP contribution in [0.2, 0.25) is 0 Å². The summed E-state index contributed by atoms with van der Waals surface area (Å²) in [6.07, 6.45) is 2.07. The summed E-state index contributed by atoms with van der Waals surface area (Å²) in [4.78, 5) is 38.2. The Morgan fingerprint density at radius 2 is 2.10 bits per heavy atom. The van der Waals surface area contributed by atoms with E-state index in [9.17, 15) is 14.4 Å². The predicted octanol–water partition coefficient (Wildman–Crippen LogP) is 2.57. The van der Waals surface area contributed by atoms with E-state index in [4.69, 9.17) is 4.74 Å². The number of nitrogens with one attached hydrogen (secondary N) is 2. The lowest BCUT2D eigenvalue weighted by Crippen LogP contribution is -2.36. The molecule has 2 N–H and O–H groups in total. The molecule has 2 aliphatic heterocycles. The van der Waals surface area contributed by atoms with Crippen LogP contribution in [0, 0.1) is 0 Å². The molecule has 0 saturated carbocycles. The topological polar surface area (TPSA) is 87.7 Å².